The summed E-state index contributed by atoms with van der Waals surface area (Å²) >= 11 is 3.31. The second-order valence-corrected chi connectivity index (χ2v) is 4.31. The second kappa shape index (κ2) is 3.60. The van der Waals surface area contributed by atoms with Gasteiger partial charge in [0, 0.05) is 5.56 Å². The first-order valence-corrected chi connectivity index (χ1v) is 5.13. The van der Waals surface area contributed by atoms with Crippen molar-refractivity contribution in [2.75, 3.05) is 6.61 Å². The molecule has 1 N–H and O–H groups in total. The Labute approximate surface area is 90.1 Å². The van der Waals surface area contributed by atoms with Gasteiger partial charge in [0.25, 0.3) is 0 Å². The number of aliphatic hydroxyl groups excluding tert-OH is 1. The van der Waals surface area contributed by atoms with E-state index in [4.69, 9.17) is 10.00 Å². The minimum atomic E-state index is -0.605. The molecule has 14 heavy (non-hydrogen) atoms. The van der Waals surface area contributed by atoms with Crippen molar-refractivity contribution in [1.82, 2.24) is 0 Å². The maximum atomic E-state index is 9.81. The van der Waals surface area contributed by atoms with Crippen LogP contribution in [0.15, 0.2) is 18.2 Å². The molecule has 0 spiro atoms. The molecule has 1 aliphatic rings. The Balaban J connectivity index is 2.47. The van der Waals surface area contributed by atoms with Crippen LogP contribution in [0.1, 0.15) is 17.2 Å². The molecule has 0 amide bonds. The number of rotatable bonds is 0. The van der Waals surface area contributed by atoms with E-state index in [1.807, 2.05) is 6.07 Å². The molecule has 1 aromatic rings. The molecule has 3 nitrogen and oxygen atoms in total. The van der Waals surface area contributed by atoms with E-state index in [-0.39, 0.29) is 4.83 Å². The Morgan fingerprint density at radius 1 is 1.57 bits per heavy atom. The van der Waals surface area contributed by atoms with E-state index >= 15 is 0 Å². The Bertz CT molecular complexity index is 400. The predicted octanol–water partition coefficient (Wildman–Crippen LogP) is 1.75. The lowest BCUT2D eigenvalue weighted by Gasteiger charge is -2.26. The molecule has 2 rings (SSSR count). The van der Waals surface area contributed by atoms with Crippen molar-refractivity contribution in [1.29, 1.82) is 5.26 Å². The van der Waals surface area contributed by atoms with Crippen LogP contribution in [0.5, 0.6) is 5.75 Å². The molecule has 0 saturated heterocycles. The highest BCUT2D eigenvalue weighted by Crippen LogP contribution is 2.35. The fourth-order valence-corrected chi connectivity index (χ4v) is 1.85. The summed E-state index contributed by atoms with van der Waals surface area (Å²) in [6.45, 7) is 0.445. The van der Waals surface area contributed by atoms with E-state index in [1.54, 1.807) is 18.2 Å². The molecule has 0 aliphatic carbocycles. The fourth-order valence-electron chi connectivity index (χ4n) is 1.44. The first-order valence-electron chi connectivity index (χ1n) is 4.21. The topological polar surface area (TPSA) is 53.2 Å². The summed E-state index contributed by atoms with van der Waals surface area (Å²) in [5.74, 6) is 0.659. The molecule has 0 aromatic heterocycles. The number of alkyl halides is 1. The summed E-state index contributed by atoms with van der Waals surface area (Å²) in [5.41, 5.74) is 1.21. The van der Waals surface area contributed by atoms with E-state index in [2.05, 4.69) is 15.9 Å². The first kappa shape index (κ1) is 9.50. The SMILES string of the molecule is N#Cc1ccc2c(c1)[C@H](O)[C@@H](Br)CO2. The summed E-state index contributed by atoms with van der Waals surface area (Å²) < 4.78 is 5.39. The molecule has 1 aliphatic heterocycles. The van der Waals surface area contributed by atoms with Gasteiger partial charge in [-0.15, -0.1) is 0 Å². The molecule has 0 radical (unpaired) electrons. The van der Waals surface area contributed by atoms with Gasteiger partial charge in [0.2, 0.25) is 0 Å². The van der Waals surface area contributed by atoms with Gasteiger partial charge in [0.15, 0.2) is 0 Å². The van der Waals surface area contributed by atoms with Crippen LogP contribution < -0.4 is 4.74 Å². The molecule has 2 atom stereocenters. The van der Waals surface area contributed by atoms with Crippen LogP contribution >= 0.6 is 15.9 Å². The average Bonchev–Trinajstić information content (AvgIpc) is 2.23. The number of fused-ring (bicyclic) bond motifs is 1. The zero-order chi connectivity index (χ0) is 10.1. The number of aliphatic hydroxyl groups is 1. The minimum absolute atomic E-state index is 0.107. The quantitative estimate of drug-likeness (QED) is 0.717. The van der Waals surface area contributed by atoms with Crippen LogP contribution in [0, 0.1) is 11.3 Å². The van der Waals surface area contributed by atoms with E-state index in [1.165, 1.54) is 0 Å². The van der Waals surface area contributed by atoms with Crippen molar-refractivity contribution in [3.05, 3.63) is 29.3 Å². The highest BCUT2D eigenvalue weighted by Gasteiger charge is 2.27. The number of nitrogens with zero attached hydrogens (tertiary/aromatic N) is 1. The highest BCUT2D eigenvalue weighted by molar-refractivity contribution is 9.09. The summed E-state index contributed by atoms with van der Waals surface area (Å²) in [6, 6.07) is 7.09. The third kappa shape index (κ3) is 1.49. The van der Waals surface area contributed by atoms with Crippen molar-refractivity contribution in [3.63, 3.8) is 0 Å². The minimum Gasteiger partial charge on any atom is -0.492 e. The third-order valence-corrected chi connectivity index (χ3v) is 2.96. The Morgan fingerprint density at radius 3 is 3.07 bits per heavy atom. The molecule has 0 fully saturated rings. The molecule has 0 bridgehead atoms. The third-order valence-electron chi connectivity index (χ3n) is 2.20. The predicted molar refractivity (Wildman–Crippen MR) is 54.3 cm³/mol. The lowest BCUT2D eigenvalue weighted by Crippen LogP contribution is -2.25. The summed E-state index contributed by atoms with van der Waals surface area (Å²) in [5, 5.41) is 18.5. The van der Waals surface area contributed by atoms with Crippen molar-refractivity contribution in [2.24, 2.45) is 0 Å². The molecular weight excluding hydrogens is 246 g/mol. The molecule has 0 saturated carbocycles. The molecule has 72 valence electrons. The zero-order valence-electron chi connectivity index (χ0n) is 7.27. The monoisotopic (exact) mass is 253 g/mol. The Kier molecular flexibility index (Phi) is 2.44. The van der Waals surface area contributed by atoms with Crippen LogP contribution in [0.3, 0.4) is 0 Å². The van der Waals surface area contributed by atoms with Crippen LogP contribution in [-0.2, 0) is 0 Å². The van der Waals surface area contributed by atoms with E-state index < -0.39 is 6.10 Å². The number of benzene rings is 1. The van der Waals surface area contributed by atoms with Gasteiger partial charge in [0.1, 0.15) is 12.4 Å². The average molecular weight is 254 g/mol. The maximum absolute atomic E-state index is 9.81. The maximum Gasteiger partial charge on any atom is 0.125 e. The lowest BCUT2D eigenvalue weighted by atomic mass is 10.0. The number of nitriles is 1. The molecule has 0 unspecified atom stereocenters. The van der Waals surface area contributed by atoms with Gasteiger partial charge in [-0.3, -0.25) is 0 Å². The number of hydrogen-bond donors (Lipinski definition) is 1. The van der Waals surface area contributed by atoms with Gasteiger partial charge in [-0.05, 0) is 18.2 Å². The van der Waals surface area contributed by atoms with E-state index in [0.29, 0.717) is 23.5 Å². The van der Waals surface area contributed by atoms with Crippen molar-refractivity contribution >= 4 is 15.9 Å². The highest BCUT2D eigenvalue weighted by atomic mass is 79.9. The Morgan fingerprint density at radius 2 is 2.36 bits per heavy atom. The van der Waals surface area contributed by atoms with Gasteiger partial charge >= 0.3 is 0 Å². The molecule has 1 aromatic carbocycles. The number of ether oxygens (including phenoxy) is 1. The van der Waals surface area contributed by atoms with Gasteiger partial charge in [-0.1, -0.05) is 15.9 Å². The van der Waals surface area contributed by atoms with Gasteiger partial charge < -0.3 is 9.84 Å². The van der Waals surface area contributed by atoms with Crippen molar-refractivity contribution < 1.29 is 9.84 Å². The smallest absolute Gasteiger partial charge is 0.125 e. The van der Waals surface area contributed by atoms with Gasteiger partial charge in [0.05, 0.1) is 22.6 Å². The van der Waals surface area contributed by atoms with Crippen LogP contribution in [0.4, 0.5) is 0 Å². The number of hydrogen-bond acceptors (Lipinski definition) is 3. The van der Waals surface area contributed by atoms with Crippen LogP contribution in [-0.4, -0.2) is 16.5 Å². The normalized spacial score (nSPS) is 24.6. The summed E-state index contributed by atoms with van der Waals surface area (Å²) in [7, 11) is 0. The second-order valence-electron chi connectivity index (χ2n) is 3.14. The molecular formula is C10H8BrNO2. The van der Waals surface area contributed by atoms with Crippen molar-refractivity contribution in [2.45, 2.75) is 10.9 Å². The first-order chi connectivity index (χ1) is 6.72. The Hall–Kier alpha value is -1.05. The lowest BCUT2D eigenvalue weighted by molar-refractivity contribution is 0.125. The molecule has 1 heterocycles. The summed E-state index contributed by atoms with van der Waals surface area (Å²) in [4.78, 5) is -0.107. The van der Waals surface area contributed by atoms with Crippen LogP contribution in [0.25, 0.3) is 0 Å². The van der Waals surface area contributed by atoms with Crippen molar-refractivity contribution in [3.8, 4) is 11.8 Å². The van der Waals surface area contributed by atoms with Crippen LogP contribution in [0.2, 0.25) is 0 Å². The fraction of sp³-hybridized carbons (Fsp3) is 0.300. The largest absolute Gasteiger partial charge is 0.492 e. The molecule has 4 heteroatoms. The van der Waals surface area contributed by atoms with E-state index in [9.17, 15) is 5.11 Å². The zero-order valence-corrected chi connectivity index (χ0v) is 8.86. The van der Waals surface area contributed by atoms with Gasteiger partial charge in [-0.2, -0.15) is 5.26 Å². The standard InChI is InChI=1S/C10H8BrNO2/c11-8-5-14-9-2-1-6(4-12)3-7(9)10(8)13/h1-3,8,10,13H,5H2/t8-,10-/m0/s1. The van der Waals surface area contributed by atoms with Gasteiger partial charge in [-0.25, -0.2) is 0 Å². The number of halogens is 1. The van der Waals surface area contributed by atoms with E-state index in [0.717, 1.165) is 0 Å². The summed E-state index contributed by atoms with van der Waals surface area (Å²) in [6.07, 6.45) is -0.605.